The molecule has 0 aliphatic rings. The predicted octanol–water partition coefficient (Wildman–Crippen LogP) is 1.46. The van der Waals surface area contributed by atoms with Crippen LogP contribution in [0.25, 0.3) is 0 Å². The largest absolute Gasteiger partial charge is 0.382 e. The molecule has 0 bridgehead atoms. The second-order valence-electron chi connectivity index (χ2n) is 3.63. The van der Waals surface area contributed by atoms with Crippen LogP contribution in [0.4, 0.5) is 5.69 Å². The van der Waals surface area contributed by atoms with Crippen molar-refractivity contribution in [1.82, 2.24) is 0 Å². The molecule has 0 spiro atoms. The van der Waals surface area contributed by atoms with E-state index in [2.05, 4.69) is 0 Å². The summed E-state index contributed by atoms with van der Waals surface area (Å²) >= 11 is 0. The molecule has 0 unspecified atom stereocenters. The first-order valence-corrected chi connectivity index (χ1v) is 7.35. The summed E-state index contributed by atoms with van der Waals surface area (Å²) in [7, 11) is -1.91. The van der Waals surface area contributed by atoms with Crippen LogP contribution in [-0.4, -0.2) is 41.2 Å². The van der Waals surface area contributed by atoms with Gasteiger partial charge in [-0.05, 0) is 19.1 Å². The highest BCUT2D eigenvalue weighted by Crippen LogP contribution is 2.17. The van der Waals surface area contributed by atoms with Crippen molar-refractivity contribution >= 4 is 15.7 Å². The third kappa shape index (κ3) is 4.29. The number of ether oxygens (including phenoxy) is 2. The number of para-hydroxylation sites is 1. The van der Waals surface area contributed by atoms with Gasteiger partial charge in [-0.2, -0.15) is 0 Å². The van der Waals surface area contributed by atoms with E-state index < -0.39 is 10.0 Å². The molecular weight excluding hydrogens is 254 g/mol. The first-order valence-electron chi connectivity index (χ1n) is 5.74. The maximum Gasteiger partial charge on any atom is 0.259 e. The summed E-state index contributed by atoms with van der Waals surface area (Å²) in [5.41, 5.74) is 0.648. The van der Waals surface area contributed by atoms with Crippen molar-refractivity contribution in [2.75, 3.05) is 37.1 Å². The summed E-state index contributed by atoms with van der Waals surface area (Å²) in [5, 5.41) is 0. The van der Waals surface area contributed by atoms with Crippen molar-refractivity contribution in [1.29, 1.82) is 0 Å². The minimum atomic E-state index is -3.45. The van der Waals surface area contributed by atoms with Crippen molar-refractivity contribution in [3.63, 3.8) is 0 Å². The van der Waals surface area contributed by atoms with Crippen molar-refractivity contribution in [2.45, 2.75) is 6.92 Å². The molecule has 0 aromatic heterocycles. The summed E-state index contributed by atoms with van der Waals surface area (Å²) in [6, 6.07) is 8.98. The second-order valence-corrected chi connectivity index (χ2v) is 5.47. The number of anilines is 1. The molecule has 0 saturated carbocycles. The van der Waals surface area contributed by atoms with Gasteiger partial charge in [0.25, 0.3) is 10.0 Å². The number of hydrogen-bond donors (Lipinski definition) is 0. The average molecular weight is 273 g/mol. The molecule has 5 nitrogen and oxygen atoms in total. The van der Waals surface area contributed by atoms with Gasteiger partial charge in [-0.1, -0.05) is 18.2 Å². The molecule has 0 atom stereocenters. The standard InChI is InChI=1S/C12H19NO4S/c1-3-13(12-7-5-4-6-8-12)18(14,15)11-17-10-9-16-2/h4-8H,3,9-11H2,1-2H3. The van der Waals surface area contributed by atoms with E-state index in [1.807, 2.05) is 6.07 Å². The monoisotopic (exact) mass is 273 g/mol. The van der Waals surface area contributed by atoms with Crippen LogP contribution in [0.3, 0.4) is 0 Å². The van der Waals surface area contributed by atoms with Gasteiger partial charge in [-0.3, -0.25) is 4.31 Å². The smallest absolute Gasteiger partial charge is 0.259 e. The Labute approximate surface area is 108 Å². The molecule has 0 radical (unpaired) electrons. The van der Waals surface area contributed by atoms with E-state index in [1.165, 1.54) is 4.31 Å². The second kappa shape index (κ2) is 7.35. The third-order valence-corrected chi connectivity index (χ3v) is 3.94. The average Bonchev–Trinajstić information content (AvgIpc) is 2.36. The molecule has 1 aromatic rings. The maximum absolute atomic E-state index is 12.1. The molecule has 102 valence electrons. The van der Waals surface area contributed by atoms with Gasteiger partial charge >= 0.3 is 0 Å². The Bertz CT molecular complexity index is 433. The van der Waals surface area contributed by atoms with E-state index in [0.717, 1.165) is 0 Å². The van der Waals surface area contributed by atoms with Gasteiger partial charge in [0.2, 0.25) is 0 Å². The predicted molar refractivity (Wildman–Crippen MR) is 71.1 cm³/mol. The first kappa shape index (κ1) is 14.9. The molecule has 1 aromatic carbocycles. The van der Waals surface area contributed by atoms with Crippen molar-refractivity contribution in [2.24, 2.45) is 0 Å². The van der Waals surface area contributed by atoms with E-state index in [9.17, 15) is 8.42 Å². The summed E-state index contributed by atoms with van der Waals surface area (Å²) in [5.74, 6) is -0.334. The zero-order valence-corrected chi connectivity index (χ0v) is 11.5. The Hall–Kier alpha value is -1.11. The summed E-state index contributed by atoms with van der Waals surface area (Å²) in [6.45, 7) is 2.81. The highest BCUT2D eigenvalue weighted by atomic mass is 32.2. The Balaban J connectivity index is 2.69. The number of methoxy groups -OCH3 is 1. The quantitative estimate of drug-likeness (QED) is 0.673. The van der Waals surface area contributed by atoms with E-state index in [0.29, 0.717) is 18.8 Å². The van der Waals surface area contributed by atoms with Crippen LogP contribution in [0, 0.1) is 0 Å². The number of sulfonamides is 1. The maximum atomic E-state index is 12.1. The molecule has 0 heterocycles. The molecule has 0 aliphatic carbocycles. The molecule has 0 aliphatic heterocycles. The van der Waals surface area contributed by atoms with E-state index in [-0.39, 0.29) is 12.5 Å². The molecule has 0 fully saturated rings. The van der Waals surface area contributed by atoms with Gasteiger partial charge in [0.15, 0.2) is 5.94 Å². The highest BCUT2D eigenvalue weighted by molar-refractivity contribution is 7.92. The van der Waals surface area contributed by atoms with Crippen molar-refractivity contribution in [3.8, 4) is 0 Å². The lowest BCUT2D eigenvalue weighted by Crippen LogP contribution is -2.33. The van der Waals surface area contributed by atoms with E-state index >= 15 is 0 Å². The third-order valence-electron chi connectivity index (χ3n) is 2.33. The van der Waals surface area contributed by atoms with Gasteiger partial charge in [-0.25, -0.2) is 8.42 Å². The zero-order chi connectivity index (χ0) is 13.4. The molecule has 1 rings (SSSR count). The minimum absolute atomic E-state index is 0.266. The Morgan fingerprint density at radius 1 is 1.17 bits per heavy atom. The first-order chi connectivity index (χ1) is 8.61. The fourth-order valence-electron chi connectivity index (χ4n) is 1.50. The minimum Gasteiger partial charge on any atom is -0.382 e. The summed E-state index contributed by atoms with van der Waals surface area (Å²) in [4.78, 5) is 0. The number of hydrogen-bond acceptors (Lipinski definition) is 4. The van der Waals surface area contributed by atoms with Crippen LogP contribution >= 0.6 is 0 Å². The van der Waals surface area contributed by atoms with Crippen LogP contribution in [0.5, 0.6) is 0 Å². The molecule has 18 heavy (non-hydrogen) atoms. The summed E-state index contributed by atoms with van der Waals surface area (Å²) < 4.78 is 35.4. The van der Waals surface area contributed by atoms with Gasteiger partial charge in [0.1, 0.15) is 0 Å². The summed E-state index contributed by atoms with van der Waals surface area (Å²) in [6.07, 6.45) is 0. The Morgan fingerprint density at radius 2 is 1.83 bits per heavy atom. The fourth-order valence-corrected chi connectivity index (χ4v) is 2.80. The van der Waals surface area contributed by atoms with E-state index in [1.54, 1.807) is 38.3 Å². The van der Waals surface area contributed by atoms with Crippen molar-refractivity contribution < 1.29 is 17.9 Å². The van der Waals surface area contributed by atoms with Gasteiger partial charge in [0.05, 0.1) is 18.9 Å². The van der Waals surface area contributed by atoms with Crippen LogP contribution in [-0.2, 0) is 19.5 Å². The van der Waals surface area contributed by atoms with Crippen LogP contribution in [0.1, 0.15) is 6.92 Å². The lowest BCUT2D eigenvalue weighted by atomic mass is 10.3. The Kier molecular flexibility index (Phi) is 6.11. The zero-order valence-electron chi connectivity index (χ0n) is 10.7. The van der Waals surface area contributed by atoms with Crippen LogP contribution in [0.15, 0.2) is 30.3 Å². The SMILES string of the molecule is CCN(c1ccccc1)S(=O)(=O)COCCOC. The number of benzene rings is 1. The van der Waals surface area contributed by atoms with Gasteiger partial charge in [0, 0.05) is 13.7 Å². The lowest BCUT2D eigenvalue weighted by Gasteiger charge is -2.22. The molecule has 0 saturated heterocycles. The molecule has 6 heteroatoms. The number of nitrogens with zero attached hydrogens (tertiary/aromatic N) is 1. The van der Waals surface area contributed by atoms with E-state index in [4.69, 9.17) is 9.47 Å². The van der Waals surface area contributed by atoms with Crippen LogP contribution < -0.4 is 4.31 Å². The van der Waals surface area contributed by atoms with Gasteiger partial charge in [-0.15, -0.1) is 0 Å². The van der Waals surface area contributed by atoms with Crippen molar-refractivity contribution in [3.05, 3.63) is 30.3 Å². The topological polar surface area (TPSA) is 55.8 Å². The Morgan fingerprint density at radius 3 is 2.39 bits per heavy atom. The fraction of sp³-hybridized carbons (Fsp3) is 0.500. The highest BCUT2D eigenvalue weighted by Gasteiger charge is 2.20. The molecular formula is C12H19NO4S. The van der Waals surface area contributed by atoms with Crippen LogP contribution in [0.2, 0.25) is 0 Å². The van der Waals surface area contributed by atoms with Gasteiger partial charge < -0.3 is 9.47 Å². The normalized spacial score (nSPS) is 11.4. The molecule has 0 N–H and O–H groups in total. The number of rotatable bonds is 8. The molecule has 0 amide bonds. The lowest BCUT2D eigenvalue weighted by molar-refractivity contribution is 0.0927.